The highest BCUT2D eigenvalue weighted by molar-refractivity contribution is 5.22. The Hall–Kier alpha value is -1.66. The molecule has 0 fully saturated rings. The zero-order valence-corrected chi connectivity index (χ0v) is 13.0. The normalized spacial score (nSPS) is 18.9. The fourth-order valence-electron chi connectivity index (χ4n) is 3.13. The Morgan fingerprint density at radius 3 is 2.95 bits per heavy atom. The van der Waals surface area contributed by atoms with Crippen molar-refractivity contribution in [1.82, 2.24) is 24.2 Å². The molecule has 0 saturated heterocycles. The number of rotatable bonds is 5. The van der Waals surface area contributed by atoms with Crippen molar-refractivity contribution in [1.29, 1.82) is 0 Å². The third kappa shape index (κ3) is 3.01. The van der Waals surface area contributed by atoms with E-state index in [-0.39, 0.29) is 0 Å². The quantitative estimate of drug-likeness (QED) is 0.832. The fraction of sp³-hybridized carbons (Fsp3) is 0.600. The Morgan fingerprint density at radius 2 is 2.24 bits per heavy atom. The van der Waals surface area contributed by atoms with Crippen molar-refractivity contribution in [2.24, 2.45) is 14.1 Å². The average Bonchev–Trinajstić information content (AvgIpc) is 3.03. The Morgan fingerprint density at radius 1 is 1.38 bits per heavy atom. The van der Waals surface area contributed by atoms with Gasteiger partial charge in [0.25, 0.3) is 0 Å². The van der Waals surface area contributed by atoms with Crippen molar-refractivity contribution in [2.45, 2.75) is 25.9 Å². The second-order valence-corrected chi connectivity index (χ2v) is 5.74. The van der Waals surface area contributed by atoms with Crippen molar-refractivity contribution >= 4 is 0 Å². The Balaban J connectivity index is 1.76. The van der Waals surface area contributed by atoms with Crippen LogP contribution in [0, 0.1) is 0 Å². The highest BCUT2D eigenvalue weighted by atomic mass is 16.5. The summed E-state index contributed by atoms with van der Waals surface area (Å²) >= 11 is 0. The third-order valence-corrected chi connectivity index (χ3v) is 3.99. The molecule has 0 unspecified atom stereocenters. The summed E-state index contributed by atoms with van der Waals surface area (Å²) in [6, 6.07) is 0. The lowest BCUT2D eigenvalue weighted by molar-refractivity contribution is 0.102. The molecule has 3 heterocycles. The monoisotopic (exact) mass is 289 g/mol. The predicted octanol–water partition coefficient (Wildman–Crippen LogP) is 1.29. The topological polar surface area (TPSA) is 48.1 Å². The molecule has 6 nitrogen and oxygen atoms in total. The van der Waals surface area contributed by atoms with Gasteiger partial charge in [-0.05, 0) is 6.92 Å². The number of fused-ring (bicyclic) bond motifs is 1. The maximum Gasteiger partial charge on any atom is 0.0949 e. The van der Waals surface area contributed by atoms with Crippen LogP contribution in [0.15, 0.2) is 18.7 Å². The molecule has 0 N–H and O–H groups in total. The first-order chi connectivity index (χ1) is 10.2. The van der Waals surface area contributed by atoms with Crippen LogP contribution >= 0.6 is 0 Å². The van der Waals surface area contributed by atoms with Gasteiger partial charge < -0.3 is 9.30 Å². The predicted molar refractivity (Wildman–Crippen MR) is 79.8 cm³/mol. The van der Waals surface area contributed by atoms with Gasteiger partial charge in [0.05, 0.1) is 24.8 Å². The standard InChI is InChI=1S/C15H23N5O/c1-4-21-10-13-8-20(7-12-5-17-19(3)6-12)9-14-15(13)18(2)11-16-14/h5-6,11,13H,4,7-10H2,1-3H3/t13-/m1/s1. The maximum absolute atomic E-state index is 5.67. The third-order valence-electron chi connectivity index (χ3n) is 3.99. The molecule has 0 bridgehead atoms. The van der Waals surface area contributed by atoms with Crippen LogP contribution < -0.4 is 0 Å². The molecular weight excluding hydrogens is 266 g/mol. The van der Waals surface area contributed by atoms with E-state index in [9.17, 15) is 0 Å². The molecule has 0 aromatic carbocycles. The molecule has 114 valence electrons. The van der Waals surface area contributed by atoms with Gasteiger partial charge in [0.2, 0.25) is 0 Å². The summed E-state index contributed by atoms with van der Waals surface area (Å²) in [5.41, 5.74) is 3.75. The van der Waals surface area contributed by atoms with Gasteiger partial charge in [-0.2, -0.15) is 5.10 Å². The van der Waals surface area contributed by atoms with Crippen LogP contribution in [0.5, 0.6) is 0 Å². The molecule has 6 heteroatoms. The lowest BCUT2D eigenvalue weighted by Crippen LogP contribution is -2.35. The van der Waals surface area contributed by atoms with Crippen molar-refractivity contribution < 1.29 is 4.74 Å². The van der Waals surface area contributed by atoms with E-state index in [0.717, 1.165) is 32.8 Å². The molecule has 1 aliphatic heterocycles. The van der Waals surface area contributed by atoms with Gasteiger partial charge >= 0.3 is 0 Å². The first-order valence-electron chi connectivity index (χ1n) is 7.45. The van der Waals surface area contributed by atoms with E-state index in [0.29, 0.717) is 5.92 Å². The van der Waals surface area contributed by atoms with Crippen molar-refractivity contribution in [3.8, 4) is 0 Å². The smallest absolute Gasteiger partial charge is 0.0949 e. The van der Waals surface area contributed by atoms with Gasteiger partial charge in [0.1, 0.15) is 0 Å². The van der Waals surface area contributed by atoms with Gasteiger partial charge in [-0.3, -0.25) is 9.58 Å². The molecule has 1 atom stereocenters. The molecule has 0 spiro atoms. The zero-order chi connectivity index (χ0) is 14.8. The number of aryl methyl sites for hydroxylation is 2. The van der Waals surface area contributed by atoms with Crippen LogP contribution in [-0.2, 0) is 31.9 Å². The Bertz CT molecular complexity index is 603. The molecule has 0 amide bonds. The van der Waals surface area contributed by atoms with Gasteiger partial charge in [-0.15, -0.1) is 0 Å². The summed E-state index contributed by atoms with van der Waals surface area (Å²) < 4.78 is 9.66. The summed E-state index contributed by atoms with van der Waals surface area (Å²) in [4.78, 5) is 6.98. The van der Waals surface area contributed by atoms with E-state index >= 15 is 0 Å². The summed E-state index contributed by atoms with van der Waals surface area (Å²) in [6.07, 6.45) is 5.92. The minimum atomic E-state index is 0.387. The lowest BCUT2D eigenvalue weighted by atomic mass is 9.98. The van der Waals surface area contributed by atoms with Crippen LogP contribution in [0.1, 0.15) is 29.8 Å². The number of aromatic nitrogens is 4. The van der Waals surface area contributed by atoms with Crippen molar-refractivity contribution in [3.05, 3.63) is 35.7 Å². The molecule has 0 saturated carbocycles. The first-order valence-corrected chi connectivity index (χ1v) is 7.45. The highest BCUT2D eigenvalue weighted by Gasteiger charge is 2.29. The fourth-order valence-corrected chi connectivity index (χ4v) is 3.13. The van der Waals surface area contributed by atoms with Crippen molar-refractivity contribution in [3.63, 3.8) is 0 Å². The minimum absolute atomic E-state index is 0.387. The summed E-state index contributed by atoms with van der Waals surface area (Å²) in [5.74, 6) is 0.387. The average molecular weight is 289 g/mol. The Kier molecular flexibility index (Phi) is 4.07. The molecule has 3 rings (SSSR count). The molecule has 1 aliphatic rings. The number of hydrogen-bond acceptors (Lipinski definition) is 4. The zero-order valence-electron chi connectivity index (χ0n) is 13.0. The van der Waals surface area contributed by atoms with Crippen LogP contribution in [0.4, 0.5) is 0 Å². The largest absolute Gasteiger partial charge is 0.381 e. The Labute approximate surface area is 125 Å². The summed E-state index contributed by atoms with van der Waals surface area (Å²) in [7, 11) is 4.02. The molecule has 0 aliphatic carbocycles. The molecular formula is C15H23N5O. The summed E-state index contributed by atoms with van der Waals surface area (Å²) in [6.45, 7) is 6.36. The van der Waals surface area contributed by atoms with Gasteiger partial charge in [0.15, 0.2) is 0 Å². The van der Waals surface area contributed by atoms with Crippen LogP contribution in [0.2, 0.25) is 0 Å². The summed E-state index contributed by atoms with van der Waals surface area (Å²) in [5, 5.41) is 4.24. The number of ether oxygens (including phenoxy) is 1. The van der Waals surface area contributed by atoms with Gasteiger partial charge in [-0.1, -0.05) is 0 Å². The van der Waals surface area contributed by atoms with E-state index in [1.54, 1.807) is 0 Å². The number of hydrogen-bond donors (Lipinski definition) is 0. The molecule has 21 heavy (non-hydrogen) atoms. The van der Waals surface area contributed by atoms with Crippen molar-refractivity contribution in [2.75, 3.05) is 19.8 Å². The molecule has 0 radical (unpaired) electrons. The molecule has 2 aromatic heterocycles. The van der Waals surface area contributed by atoms with E-state index < -0.39 is 0 Å². The number of imidazole rings is 1. The van der Waals surface area contributed by atoms with E-state index in [1.165, 1.54) is 17.0 Å². The van der Waals surface area contributed by atoms with Gasteiger partial charge in [0, 0.05) is 63.7 Å². The molecule has 2 aromatic rings. The van der Waals surface area contributed by atoms with E-state index in [2.05, 4.69) is 32.8 Å². The highest BCUT2D eigenvalue weighted by Crippen LogP contribution is 2.28. The van der Waals surface area contributed by atoms with E-state index in [4.69, 9.17) is 4.74 Å². The minimum Gasteiger partial charge on any atom is -0.381 e. The first kappa shape index (κ1) is 14.3. The van der Waals surface area contributed by atoms with Crippen LogP contribution in [0.25, 0.3) is 0 Å². The van der Waals surface area contributed by atoms with Gasteiger partial charge in [-0.25, -0.2) is 4.98 Å². The maximum atomic E-state index is 5.67. The van der Waals surface area contributed by atoms with Crippen LogP contribution in [0.3, 0.4) is 0 Å². The lowest BCUT2D eigenvalue weighted by Gasteiger charge is -2.32. The van der Waals surface area contributed by atoms with E-state index in [1.807, 2.05) is 31.2 Å². The second-order valence-electron chi connectivity index (χ2n) is 5.74. The van der Waals surface area contributed by atoms with Crippen LogP contribution in [-0.4, -0.2) is 44.0 Å². The number of nitrogens with zero attached hydrogens (tertiary/aromatic N) is 5. The second kappa shape index (κ2) is 5.99. The SMILES string of the molecule is CCOC[C@H]1CN(Cc2cnn(C)c2)Cc2ncn(C)c21.